The lowest BCUT2D eigenvalue weighted by Gasteiger charge is -2.02. The van der Waals surface area contributed by atoms with Crippen LogP contribution >= 0.6 is 0 Å². The predicted molar refractivity (Wildman–Crippen MR) is 78.6 cm³/mol. The molecular formula is C17H10N3O+. The fourth-order valence-corrected chi connectivity index (χ4v) is 2.75. The summed E-state index contributed by atoms with van der Waals surface area (Å²) in [5.74, 6) is 0. The van der Waals surface area contributed by atoms with Crippen molar-refractivity contribution < 1.29 is 4.57 Å². The number of aromatic nitrogens is 2. The van der Waals surface area contributed by atoms with Gasteiger partial charge in [-0.2, -0.15) is 19.0 Å². The van der Waals surface area contributed by atoms with Crippen LogP contribution in [0.4, 0.5) is 0 Å². The van der Waals surface area contributed by atoms with E-state index in [1.807, 2.05) is 30.3 Å². The van der Waals surface area contributed by atoms with Gasteiger partial charge in [0.2, 0.25) is 0 Å². The zero-order valence-corrected chi connectivity index (χ0v) is 11.0. The first kappa shape index (κ1) is 11.6. The SMILES string of the molecule is N#Cc1ccccc1-[n+]1cc2cccc3ccn(c1=O)c32. The first-order valence-corrected chi connectivity index (χ1v) is 6.57. The number of hydrogen-bond acceptors (Lipinski definition) is 2. The average Bonchev–Trinajstić information content (AvgIpc) is 2.96. The normalized spacial score (nSPS) is 11.0. The van der Waals surface area contributed by atoms with Crippen LogP contribution in [-0.2, 0) is 0 Å². The average molecular weight is 272 g/mol. The van der Waals surface area contributed by atoms with Crippen molar-refractivity contribution in [1.29, 1.82) is 5.26 Å². The summed E-state index contributed by atoms with van der Waals surface area (Å²) in [7, 11) is 0. The minimum absolute atomic E-state index is 0.175. The van der Waals surface area contributed by atoms with Crippen molar-refractivity contribution in [2.75, 3.05) is 0 Å². The summed E-state index contributed by atoms with van der Waals surface area (Å²) in [6, 6.07) is 17.1. The van der Waals surface area contributed by atoms with Gasteiger partial charge in [0.25, 0.3) is 0 Å². The maximum absolute atomic E-state index is 12.7. The van der Waals surface area contributed by atoms with Crippen LogP contribution in [0.3, 0.4) is 0 Å². The molecule has 0 saturated carbocycles. The number of rotatable bonds is 1. The molecule has 0 N–H and O–H groups in total. The van der Waals surface area contributed by atoms with Crippen molar-refractivity contribution in [3.8, 4) is 11.8 Å². The molecule has 0 fully saturated rings. The predicted octanol–water partition coefficient (Wildman–Crippen LogP) is 2.04. The Morgan fingerprint density at radius 2 is 1.81 bits per heavy atom. The zero-order chi connectivity index (χ0) is 14.4. The summed E-state index contributed by atoms with van der Waals surface area (Å²) >= 11 is 0. The molecule has 0 bridgehead atoms. The molecule has 4 rings (SSSR count). The second-order valence-corrected chi connectivity index (χ2v) is 4.88. The molecule has 0 aliphatic heterocycles. The van der Waals surface area contributed by atoms with E-state index in [-0.39, 0.29) is 5.69 Å². The summed E-state index contributed by atoms with van der Waals surface area (Å²) in [5, 5.41) is 11.2. The maximum Gasteiger partial charge on any atom is 0.508 e. The van der Waals surface area contributed by atoms with Crippen LogP contribution in [0.25, 0.3) is 22.0 Å². The summed E-state index contributed by atoms with van der Waals surface area (Å²) < 4.78 is 3.15. The van der Waals surface area contributed by atoms with Gasteiger partial charge in [-0.15, -0.1) is 0 Å². The standard InChI is InChI=1S/C17H10N3O/c18-10-13-4-1-2-7-15(13)20-11-14-6-3-5-12-8-9-19(16(12)14)17(20)21/h1-9,11H/q+1. The van der Waals surface area contributed by atoms with E-state index < -0.39 is 0 Å². The van der Waals surface area contributed by atoms with Crippen LogP contribution in [0.2, 0.25) is 0 Å². The highest BCUT2D eigenvalue weighted by atomic mass is 16.1. The van der Waals surface area contributed by atoms with Gasteiger partial charge < -0.3 is 0 Å². The summed E-state index contributed by atoms with van der Waals surface area (Å²) in [6.07, 6.45) is 3.56. The minimum atomic E-state index is -0.175. The molecule has 0 aliphatic rings. The molecule has 0 spiro atoms. The summed E-state index contributed by atoms with van der Waals surface area (Å²) in [4.78, 5) is 12.7. The first-order chi connectivity index (χ1) is 10.3. The monoisotopic (exact) mass is 272 g/mol. The van der Waals surface area contributed by atoms with Gasteiger partial charge in [0, 0.05) is 5.39 Å². The second-order valence-electron chi connectivity index (χ2n) is 4.88. The Morgan fingerprint density at radius 1 is 1.00 bits per heavy atom. The van der Waals surface area contributed by atoms with Crippen LogP contribution in [0.5, 0.6) is 0 Å². The molecular weight excluding hydrogens is 262 g/mol. The molecule has 0 radical (unpaired) electrons. The van der Waals surface area contributed by atoms with E-state index in [0.29, 0.717) is 11.3 Å². The molecule has 4 nitrogen and oxygen atoms in total. The van der Waals surface area contributed by atoms with Crippen molar-refractivity contribution in [3.63, 3.8) is 0 Å². The van der Waals surface area contributed by atoms with E-state index in [0.717, 1.165) is 16.3 Å². The van der Waals surface area contributed by atoms with Gasteiger partial charge in [-0.1, -0.05) is 24.3 Å². The maximum atomic E-state index is 12.7. The Labute approximate surface area is 120 Å². The van der Waals surface area contributed by atoms with E-state index in [4.69, 9.17) is 0 Å². The zero-order valence-electron chi connectivity index (χ0n) is 11.0. The lowest BCUT2D eigenvalue weighted by molar-refractivity contribution is -0.614. The van der Waals surface area contributed by atoms with Gasteiger partial charge in [-0.05, 0) is 24.3 Å². The second kappa shape index (κ2) is 4.15. The Kier molecular flexibility index (Phi) is 2.30. The molecule has 4 aromatic rings. The largest absolute Gasteiger partial charge is 0.508 e. The smallest absolute Gasteiger partial charge is 0.196 e. The van der Waals surface area contributed by atoms with E-state index in [2.05, 4.69) is 6.07 Å². The third-order valence-corrected chi connectivity index (χ3v) is 3.71. The highest BCUT2D eigenvalue weighted by Gasteiger charge is 2.19. The van der Waals surface area contributed by atoms with Crippen LogP contribution in [0, 0.1) is 11.3 Å². The summed E-state index contributed by atoms with van der Waals surface area (Å²) in [5.41, 5.74) is 1.81. The number of nitriles is 1. The molecule has 98 valence electrons. The lowest BCUT2D eigenvalue weighted by atomic mass is 10.1. The van der Waals surface area contributed by atoms with Crippen molar-refractivity contribution in [3.05, 3.63) is 77.0 Å². The Balaban J connectivity index is 2.18. The lowest BCUT2D eigenvalue weighted by Crippen LogP contribution is -2.50. The third-order valence-electron chi connectivity index (χ3n) is 3.71. The molecule has 0 unspecified atom stereocenters. The van der Waals surface area contributed by atoms with Gasteiger partial charge in [0.1, 0.15) is 18.5 Å². The molecule has 0 atom stereocenters. The van der Waals surface area contributed by atoms with E-state index >= 15 is 0 Å². The van der Waals surface area contributed by atoms with E-state index in [1.165, 1.54) is 4.57 Å². The van der Waals surface area contributed by atoms with Crippen molar-refractivity contribution in [1.82, 2.24) is 4.40 Å². The quantitative estimate of drug-likeness (QED) is 0.498. The number of hydrogen-bond donors (Lipinski definition) is 0. The van der Waals surface area contributed by atoms with Crippen LogP contribution < -0.4 is 10.3 Å². The minimum Gasteiger partial charge on any atom is -0.196 e. The number of nitrogens with zero attached hydrogens (tertiary/aromatic N) is 3. The molecule has 2 aromatic carbocycles. The first-order valence-electron chi connectivity index (χ1n) is 6.57. The van der Waals surface area contributed by atoms with Gasteiger partial charge in [-0.3, -0.25) is 0 Å². The fourth-order valence-electron chi connectivity index (χ4n) is 2.75. The van der Waals surface area contributed by atoms with Gasteiger partial charge in [0.05, 0.1) is 10.9 Å². The molecule has 2 aromatic heterocycles. The summed E-state index contributed by atoms with van der Waals surface area (Å²) in [6.45, 7) is 0. The number of benzene rings is 2. The molecule has 0 amide bonds. The van der Waals surface area contributed by atoms with Gasteiger partial charge in [-0.25, -0.2) is 0 Å². The third kappa shape index (κ3) is 1.55. The molecule has 2 heterocycles. The highest BCUT2D eigenvalue weighted by molar-refractivity contribution is 5.95. The van der Waals surface area contributed by atoms with Crippen LogP contribution in [0.1, 0.15) is 5.56 Å². The van der Waals surface area contributed by atoms with Crippen molar-refractivity contribution in [2.24, 2.45) is 0 Å². The Hall–Kier alpha value is -3.19. The van der Waals surface area contributed by atoms with Crippen LogP contribution in [0.15, 0.2) is 65.7 Å². The molecule has 0 saturated heterocycles. The molecule has 21 heavy (non-hydrogen) atoms. The fraction of sp³-hybridized carbons (Fsp3) is 0. The van der Waals surface area contributed by atoms with Crippen LogP contribution in [-0.4, -0.2) is 4.40 Å². The van der Waals surface area contributed by atoms with Gasteiger partial charge in [0.15, 0.2) is 11.2 Å². The van der Waals surface area contributed by atoms with E-state index in [1.54, 1.807) is 35.0 Å². The van der Waals surface area contributed by atoms with E-state index in [9.17, 15) is 10.1 Å². The Morgan fingerprint density at radius 3 is 2.67 bits per heavy atom. The topological polar surface area (TPSA) is 49.1 Å². The van der Waals surface area contributed by atoms with Crippen molar-refractivity contribution in [2.45, 2.75) is 0 Å². The van der Waals surface area contributed by atoms with Gasteiger partial charge >= 0.3 is 5.69 Å². The van der Waals surface area contributed by atoms with Crippen molar-refractivity contribution >= 4 is 16.3 Å². The molecule has 0 aliphatic carbocycles. The number of para-hydroxylation sites is 2. The molecule has 4 heteroatoms. The highest BCUT2D eigenvalue weighted by Crippen LogP contribution is 2.19. The Bertz CT molecular complexity index is 1070.